The summed E-state index contributed by atoms with van der Waals surface area (Å²) in [6.45, 7) is 0. The summed E-state index contributed by atoms with van der Waals surface area (Å²) in [5.74, 6) is 1.85. The molecule has 0 aliphatic carbocycles. The van der Waals surface area contributed by atoms with E-state index in [0.717, 1.165) is 41.1 Å². The van der Waals surface area contributed by atoms with E-state index < -0.39 is 0 Å². The lowest BCUT2D eigenvalue weighted by molar-refractivity contribution is 0.414. The van der Waals surface area contributed by atoms with Crippen molar-refractivity contribution in [3.63, 3.8) is 0 Å². The minimum absolute atomic E-state index is 0.717. The summed E-state index contributed by atoms with van der Waals surface area (Å²) in [5, 5.41) is 0. The summed E-state index contributed by atoms with van der Waals surface area (Å²) in [5.41, 5.74) is 9.75. The first-order valence-corrected chi connectivity index (χ1v) is 6.62. The molecule has 1 heterocycles. The highest BCUT2D eigenvalue weighted by molar-refractivity contribution is 5.86. The number of H-pyrrole nitrogens is 1. The number of imidazole rings is 1. The van der Waals surface area contributed by atoms with E-state index in [-0.39, 0.29) is 0 Å². The Labute approximate surface area is 117 Å². The van der Waals surface area contributed by atoms with Crippen LogP contribution in [0.3, 0.4) is 0 Å². The van der Waals surface area contributed by atoms with Gasteiger partial charge in [0.2, 0.25) is 0 Å². The molecule has 0 bridgehead atoms. The van der Waals surface area contributed by atoms with Crippen LogP contribution in [0, 0.1) is 0 Å². The molecular weight excluding hydrogens is 250 g/mol. The van der Waals surface area contributed by atoms with Crippen molar-refractivity contribution in [1.82, 2.24) is 9.97 Å². The number of aryl methyl sites for hydroxylation is 2. The number of para-hydroxylation sites is 1. The SMILES string of the molecule is COc1ccc(CCc2nc3c(N)cccc3[nH]2)cc1. The molecule has 4 heteroatoms. The molecule has 3 aromatic rings. The Kier molecular flexibility index (Phi) is 3.29. The first-order chi connectivity index (χ1) is 9.76. The summed E-state index contributed by atoms with van der Waals surface area (Å²) in [4.78, 5) is 7.87. The average molecular weight is 267 g/mol. The fourth-order valence-electron chi connectivity index (χ4n) is 2.28. The molecular formula is C16H17N3O. The van der Waals surface area contributed by atoms with Gasteiger partial charge in [0, 0.05) is 6.42 Å². The van der Waals surface area contributed by atoms with Crippen molar-refractivity contribution < 1.29 is 4.74 Å². The Bertz CT molecular complexity index is 716. The van der Waals surface area contributed by atoms with Crippen molar-refractivity contribution in [2.75, 3.05) is 12.8 Å². The van der Waals surface area contributed by atoms with Crippen LogP contribution in [-0.4, -0.2) is 17.1 Å². The molecule has 0 fully saturated rings. The predicted octanol–water partition coefficient (Wildman–Crippen LogP) is 2.94. The molecule has 0 spiro atoms. The minimum atomic E-state index is 0.717. The Morgan fingerprint density at radius 2 is 1.90 bits per heavy atom. The minimum Gasteiger partial charge on any atom is -0.497 e. The molecule has 0 aliphatic rings. The van der Waals surface area contributed by atoms with E-state index in [1.54, 1.807) is 7.11 Å². The second kappa shape index (κ2) is 5.25. The van der Waals surface area contributed by atoms with Crippen LogP contribution >= 0.6 is 0 Å². The molecule has 0 saturated heterocycles. The van der Waals surface area contributed by atoms with Gasteiger partial charge < -0.3 is 15.5 Å². The highest BCUT2D eigenvalue weighted by Gasteiger charge is 2.05. The number of hydrogen-bond donors (Lipinski definition) is 2. The van der Waals surface area contributed by atoms with Crippen LogP contribution in [0.25, 0.3) is 11.0 Å². The Morgan fingerprint density at radius 3 is 2.60 bits per heavy atom. The molecule has 0 radical (unpaired) electrons. The number of fused-ring (bicyclic) bond motifs is 1. The van der Waals surface area contributed by atoms with Crippen molar-refractivity contribution >= 4 is 16.7 Å². The van der Waals surface area contributed by atoms with Crippen molar-refractivity contribution in [1.29, 1.82) is 0 Å². The number of aromatic nitrogens is 2. The van der Waals surface area contributed by atoms with E-state index >= 15 is 0 Å². The Morgan fingerprint density at radius 1 is 1.10 bits per heavy atom. The van der Waals surface area contributed by atoms with Crippen LogP contribution in [0.2, 0.25) is 0 Å². The van der Waals surface area contributed by atoms with E-state index in [0.29, 0.717) is 0 Å². The summed E-state index contributed by atoms with van der Waals surface area (Å²) in [6, 6.07) is 13.9. The van der Waals surface area contributed by atoms with Gasteiger partial charge >= 0.3 is 0 Å². The van der Waals surface area contributed by atoms with Crippen LogP contribution in [0.4, 0.5) is 5.69 Å². The molecule has 20 heavy (non-hydrogen) atoms. The Balaban J connectivity index is 1.74. The fourth-order valence-corrected chi connectivity index (χ4v) is 2.28. The fraction of sp³-hybridized carbons (Fsp3) is 0.188. The van der Waals surface area contributed by atoms with Crippen molar-refractivity contribution in [3.05, 3.63) is 53.9 Å². The standard InChI is InChI=1S/C16H17N3O/c1-20-12-8-5-11(6-9-12)7-10-15-18-14-4-2-3-13(17)16(14)19-15/h2-6,8-9H,7,10,17H2,1H3,(H,18,19). The van der Waals surface area contributed by atoms with Gasteiger partial charge in [0.15, 0.2) is 0 Å². The highest BCUT2D eigenvalue weighted by atomic mass is 16.5. The maximum absolute atomic E-state index is 5.91. The van der Waals surface area contributed by atoms with Crippen molar-refractivity contribution in [3.8, 4) is 5.75 Å². The Hall–Kier alpha value is -2.49. The first-order valence-electron chi connectivity index (χ1n) is 6.62. The maximum atomic E-state index is 5.91. The smallest absolute Gasteiger partial charge is 0.118 e. The number of rotatable bonds is 4. The van der Waals surface area contributed by atoms with Gasteiger partial charge in [-0.3, -0.25) is 0 Å². The van der Waals surface area contributed by atoms with Gasteiger partial charge in [-0.05, 0) is 36.2 Å². The number of nitrogens with zero attached hydrogens (tertiary/aromatic N) is 1. The normalized spacial score (nSPS) is 10.8. The third-order valence-corrected chi connectivity index (χ3v) is 3.40. The molecule has 3 N–H and O–H groups in total. The van der Waals surface area contributed by atoms with E-state index in [4.69, 9.17) is 10.5 Å². The maximum Gasteiger partial charge on any atom is 0.118 e. The monoisotopic (exact) mass is 267 g/mol. The average Bonchev–Trinajstić information content (AvgIpc) is 2.90. The molecule has 0 aliphatic heterocycles. The molecule has 0 atom stereocenters. The largest absolute Gasteiger partial charge is 0.497 e. The van der Waals surface area contributed by atoms with Crippen LogP contribution in [0.1, 0.15) is 11.4 Å². The summed E-state index contributed by atoms with van der Waals surface area (Å²) >= 11 is 0. The molecule has 0 unspecified atom stereocenters. The van der Waals surface area contributed by atoms with E-state index in [2.05, 4.69) is 22.1 Å². The molecule has 4 nitrogen and oxygen atoms in total. The van der Waals surface area contributed by atoms with E-state index in [9.17, 15) is 0 Å². The highest BCUT2D eigenvalue weighted by Crippen LogP contribution is 2.19. The molecule has 0 saturated carbocycles. The van der Waals surface area contributed by atoms with Crippen LogP contribution in [0.5, 0.6) is 5.75 Å². The summed E-state index contributed by atoms with van der Waals surface area (Å²) in [6.07, 6.45) is 1.80. The van der Waals surface area contributed by atoms with Gasteiger partial charge in [0.1, 0.15) is 17.1 Å². The van der Waals surface area contributed by atoms with Gasteiger partial charge in [0.05, 0.1) is 18.3 Å². The van der Waals surface area contributed by atoms with Crippen LogP contribution in [-0.2, 0) is 12.8 Å². The molecule has 1 aromatic heterocycles. The lowest BCUT2D eigenvalue weighted by atomic mass is 10.1. The summed E-state index contributed by atoms with van der Waals surface area (Å²) in [7, 11) is 1.67. The number of nitrogens with one attached hydrogen (secondary N) is 1. The number of methoxy groups -OCH3 is 1. The molecule has 0 amide bonds. The van der Waals surface area contributed by atoms with Crippen molar-refractivity contribution in [2.24, 2.45) is 0 Å². The van der Waals surface area contributed by atoms with Crippen LogP contribution in [0.15, 0.2) is 42.5 Å². The van der Waals surface area contributed by atoms with Gasteiger partial charge in [0.25, 0.3) is 0 Å². The van der Waals surface area contributed by atoms with Gasteiger partial charge in [-0.15, -0.1) is 0 Å². The van der Waals surface area contributed by atoms with Crippen LogP contribution < -0.4 is 10.5 Å². The zero-order chi connectivity index (χ0) is 13.9. The van der Waals surface area contributed by atoms with Crippen molar-refractivity contribution in [2.45, 2.75) is 12.8 Å². The van der Waals surface area contributed by atoms with Gasteiger partial charge in [-0.2, -0.15) is 0 Å². The number of nitrogen functional groups attached to an aromatic ring is 1. The number of ether oxygens (including phenoxy) is 1. The second-order valence-corrected chi connectivity index (χ2v) is 4.77. The quantitative estimate of drug-likeness (QED) is 0.714. The van der Waals surface area contributed by atoms with Gasteiger partial charge in [-0.1, -0.05) is 18.2 Å². The molecule has 3 rings (SSSR count). The predicted molar refractivity (Wildman–Crippen MR) is 80.9 cm³/mol. The van der Waals surface area contributed by atoms with Gasteiger partial charge in [-0.25, -0.2) is 4.98 Å². The number of anilines is 1. The number of hydrogen-bond acceptors (Lipinski definition) is 3. The zero-order valence-electron chi connectivity index (χ0n) is 11.4. The molecule has 102 valence electrons. The zero-order valence-corrected chi connectivity index (χ0v) is 11.4. The molecule has 2 aromatic carbocycles. The second-order valence-electron chi connectivity index (χ2n) is 4.77. The lowest BCUT2D eigenvalue weighted by Crippen LogP contribution is -1.93. The number of aromatic amines is 1. The third-order valence-electron chi connectivity index (χ3n) is 3.40. The number of nitrogens with two attached hydrogens (primary N) is 1. The lowest BCUT2D eigenvalue weighted by Gasteiger charge is -2.02. The third kappa shape index (κ3) is 2.45. The summed E-state index contributed by atoms with van der Waals surface area (Å²) < 4.78 is 5.15. The van der Waals surface area contributed by atoms with E-state index in [1.165, 1.54) is 5.56 Å². The number of benzene rings is 2. The van der Waals surface area contributed by atoms with E-state index in [1.807, 2.05) is 30.3 Å². The first kappa shape index (κ1) is 12.5. The topological polar surface area (TPSA) is 63.9 Å².